The van der Waals surface area contributed by atoms with Gasteiger partial charge >= 0.3 is 5.97 Å². The Balaban J connectivity index is 0.000000447. The molecule has 0 spiro atoms. The van der Waals surface area contributed by atoms with Gasteiger partial charge in [0.25, 0.3) is 5.97 Å². The van der Waals surface area contributed by atoms with Gasteiger partial charge in [0.1, 0.15) is 0 Å². The summed E-state index contributed by atoms with van der Waals surface area (Å²) in [6.45, 7) is 4.22. The van der Waals surface area contributed by atoms with Crippen LogP contribution in [0.1, 0.15) is 37.3 Å². The van der Waals surface area contributed by atoms with Crippen LogP contribution in [-0.4, -0.2) is 53.2 Å². The number of aromatic nitrogens is 1. The normalized spacial score (nSPS) is 24.3. The van der Waals surface area contributed by atoms with Crippen LogP contribution in [-0.2, 0) is 20.7 Å². The average molecular weight is 358 g/mol. The third kappa shape index (κ3) is 3.46. The summed E-state index contributed by atoms with van der Waals surface area (Å²) in [5.74, 6) is -0.470. The largest absolute Gasteiger partial charge is 0.481 e. The maximum absolute atomic E-state index is 12.2. The number of benzene rings is 1. The minimum absolute atomic E-state index is 0.0121. The fraction of sp³-hybridized carbons (Fsp3) is 0.500. The molecule has 140 valence electrons. The first-order valence-corrected chi connectivity index (χ1v) is 9.07. The molecule has 1 aromatic heterocycles. The summed E-state index contributed by atoms with van der Waals surface area (Å²) in [4.78, 5) is 26.9. The first-order valence-electron chi connectivity index (χ1n) is 9.07. The number of esters is 1. The molecular weight excluding hydrogens is 332 g/mol. The quantitative estimate of drug-likeness (QED) is 0.807. The molecule has 3 atom stereocenters. The fourth-order valence-electron chi connectivity index (χ4n) is 4.37. The number of H-pyrrole nitrogens is 1. The van der Waals surface area contributed by atoms with E-state index in [-0.39, 0.29) is 11.9 Å². The smallest absolute Gasteiger partial charge is 0.310 e. The average Bonchev–Trinajstić information content (AvgIpc) is 3.00. The van der Waals surface area contributed by atoms with Crippen molar-refractivity contribution >= 4 is 22.8 Å². The molecule has 1 saturated heterocycles. The number of aliphatic carboxylic acids is 1. The van der Waals surface area contributed by atoms with Gasteiger partial charge in [0.2, 0.25) is 0 Å². The Morgan fingerprint density at radius 2 is 2.12 bits per heavy atom. The van der Waals surface area contributed by atoms with Crippen LogP contribution in [0.3, 0.4) is 0 Å². The van der Waals surface area contributed by atoms with Crippen molar-refractivity contribution in [2.75, 3.05) is 20.2 Å². The molecule has 1 aliphatic carbocycles. The Kier molecular flexibility index (Phi) is 5.32. The second kappa shape index (κ2) is 7.50. The lowest BCUT2D eigenvalue weighted by Gasteiger charge is -2.44. The maximum Gasteiger partial charge on any atom is 0.310 e. The summed E-state index contributed by atoms with van der Waals surface area (Å²) in [5.41, 5.74) is 4.02. The molecular formula is C20H26N2O4. The Morgan fingerprint density at radius 1 is 1.38 bits per heavy atom. The van der Waals surface area contributed by atoms with Gasteiger partial charge in [-0.25, -0.2) is 0 Å². The number of carbonyl (C=O) groups excluding carboxylic acids is 1. The first kappa shape index (κ1) is 18.5. The molecule has 26 heavy (non-hydrogen) atoms. The first-order chi connectivity index (χ1) is 12.4. The highest BCUT2D eigenvalue weighted by atomic mass is 16.5. The van der Waals surface area contributed by atoms with E-state index in [1.165, 1.54) is 22.0 Å². The van der Waals surface area contributed by atoms with Gasteiger partial charge in [0.15, 0.2) is 0 Å². The van der Waals surface area contributed by atoms with Gasteiger partial charge in [0.05, 0.1) is 12.5 Å². The van der Waals surface area contributed by atoms with Crippen molar-refractivity contribution in [3.8, 4) is 0 Å². The van der Waals surface area contributed by atoms with E-state index in [2.05, 4.69) is 41.3 Å². The molecule has 2 aromatic rings. The lowest BCUT2D eigenvalue weighted by molar-refractivity contribution is -0.150. The molecule has 2 heterocycles. The van der Waals surface area contributed by atoms with E-state index < -0.39 is 5.97 Å². The zero-order valence-electron chi connectivity index (χ0n) is 15.5. The predicted molar refractivity (Wildman–Crippen MR) is 99.2 cm³/mol. The van der Waals surface area contributed by atoms with Gasteiger partial charge in [-0.15, -0.1) is 0 Å². The van der Waals surface area contributed by atoms with E-state index in [0.717, 1.165) is 26.3 Å². The van der Waals surface area contributed by atoms with Crippen LogP contribution >= 0.6 is 0 Å². The number of likely N-dealkylation sites (N-methyl/N-ethyl adjacent to an activating group) is 1. The van der Waals surface area contributed by atoms with E-state index in [0.29, 0.717) is 18.6 Å². The lowest BCUT2D eigenvalue weighted by Crippen LogP contribution is -2.49. The molecule has 4 rings (SSSR count). The number of rotatable bonds is 2. The Bertz CT molecular complexity index is 809. The summed E-state index contributed by atoms with van der Waals surface area (Å²) in [5, 5.41) is 8.79. The number of ether oxygens (including phenoxy) is 1. The number of aromatic amines is 1. The molecule has 6 nitrogen and oxygen atoms in total. The third-order valence-corrected chi connectivity index (χ3v) is 5.35. The van der Waals surface area contributed by atoms with Gasteiger partial charge in [0, 0.05) is 42.5 Å². The Labute approximate surface area is 153 Å². The summed E-state index contributed by atoms with van der Waals surface area (Å²) in [6.07, 6.45) is 4.11. The number of nitrogens with one attached hydrogen (secondary N) is 1. The Morgan fingerprint density at radius 3 is 2.81 bits per heavy atom. The van der Waals surface area contributed by atoms with Gasteiger partial charge in [-0.2, -0.15) is 0 Å². The second-order valence-electron chi connectivity index (χ2n) is 7.10. The summed E-state index contributed by atoms with van der Waals surface area (Å²) in [6, 6.07) is 6.98. The molecule has 6 heteroatoms. The van der Waals surface area contributed by atoms with Crippen LogP contribution in [0.25, 0.3) is 10.9 Å². The minimum Gasteiger partial charge on any atom is -0.481 e. The molecule has 1 aliphatic heterocycles. The van der Waals surface area contributed by atoms with Gasteiger partial charge in [-0.3, -0.25) is 9.59 Å². The highest BCUT2D eigenvalue weighted by Gasteiger charge is 2.41. The topological polar surface area (TPSA) is 82.6 Å². The van der Waals surface area contributed by atoms with Crippen LogP contribution in [0.4, 0.5) is 0 Å². The third-order valence-electron chi connectivity index (χ3n) is 5.35. The van der Waals surface area contributed by atoms with Crippen molar-refractivity contribution < 1.29 is 19.4 Å². The molecule has 0 bridgehead atoms. The van der Waals surface area contributed by atoms with Crippen molar-refractivity contribution in [1.29, 1.82) is 0 Å². The number of nitrogens with zero attached hydrogens (tertiary/aromatic N) is 1. The van der Waals surface area contributed by atoms with E-state index in [9.17, 15) is 4.79 Å². The van der Waals surface area contributed by atoms with Crippen molar-refractivity contribution in [3.05, 3.63) is 35.5 Å². The van der Waals surface area contributed by atoms with Gasteiger partial charge < -0.3 is 19.7 Å². The molecule has 2 aliphatic rings. The van der Waals surface area contributed by atoms with Crippen molar-refractivity contribution in [2.24, 2.45) is 5.92 Å². The van der Waals surface area contributed by atoms with Crippen LogP contribution in [0.15, 0.2) is 24.4 Å². The number of carbonyl (C=O) groups is 2. The van der Waals surface area contributed by atoms with Crippen molar-refractivity contribution in [3.63, 3.8) is 0 Å². The monoisotopic (exact) mass is 358 g/mol. The maximum atomic E-state index is 12.2. The Hall–Kier alpha value is -2.34. The molecule has 1 aromatic carbocycles. The lowest BCUT2D eigenvalue weighted by atomic mass is 9.72. The molecule has 2 unspecified atom stereocenters. The van der Waals surface area contributed by atoms with Crippen molar-refractivity contribution in [1.82, 2.24) is 9.88 Å². The fourth-order valence-corrected chi connectivity index (χ4v) is 4.37. The van der Waals surface area contributed by atoms with Gasteiger partial charge in [-0.05, 0) is 44.0 Å². The van der Waals surface area contributed by atoms with Gasteiger partial charge in [-0.1, -0.05) is 12.1 Å². The summed E-state index contributed by atoms with van der Waals surface area (Å²) >= 11 is 0. The second-order valence-corrected chi connectivity index (χ2v) is 7.10. The number of piperidine rings is 1. The van der Waals surface area contributed by atoms with E-state index >= 15 is 0 Å². The highest BCUT2D eigenvalue weighted by molar-refractivity contribution is 5.88. The zero-order chi connectivity index (χ0) is 18.8. The standard InChI is InChI=1S/C18H22N2O2.C2H4O2/c1-3-22-18(21)12-7-14-13-5-4-6-15-17(13)11(9-19-15)8-16(14)20(2)10-12;1-2(3)4/h4-6,9,12,14,16,19H,3,7-8,10H2,1-2H3;1H3,(H,3,4)/t12?,14?,16-;/m1./s1. The number of fused-ring (bicyclic) bond motifs is 2. The van der Waals surface area contributed by atoms with E-state index in [4.69, 9.17) is 14.6 Å². The zero-order valence-corrected chi connectivity index (χ0v) is 15.5. The number of carboxylic acid groups (broad SMARTS) is 1. The van der Waals surface area contributed by atoms with E-state index in [1.807, 2.05) is 6.92 Å². The molecule has 0 amide bonds. The number of carboxylic acids is 1. The summed E-state index contributed by atoms with van der Waals surface area (Å²) in [7, 11) is 2.14. The molecule has 2 N–H and O–H groups in total. The minimum atomic E-state index is -0.833. The van der Waals surface area contributed by atoms with Crippen LogP contribution < -0.4 is 0 Å². The SMILES string of the molecule is CC(=O)O.CCOC(=O)C1CC2c3cccc4[nH]cc(c34)C[C@H]2N(C)C1. The van der Waals surface area contributed by atoms with Crippen LogP contribution in [0.2, 0.25) is 0 Å². The molecule has 0 saturated carbocycles. The molecule has 1 fully saturated rings. The summed E-state index contributed by atoms with van der Waals surface area (Å²) < 4.78 is 5.27. The van der Waals surface area contributed by atoms with Crippen molar-refractivity contribution in [2.45, 2.75) is 38.6 Å². The number of likely N-dealkylation sites (tertiary alicyclic amines) is 1. The van der Waals surface area contributed by atoms with Crippen LogP contribution in [0, 0.1) is 5.92 Å². The van der Waals surface area contributed by atoms with E-state index in [1.54, 1.807) is 0 Å². The van der Waals surface area contributed by atoms with Crippen LogP contribution in [0.5, 0.6) is 0 Å². The predicted octanol–water partition coefficient (Wildman–Crippen LogP) is 2.78. The molecule has 0 radical (unpaired) electrons. The highest BCUT2D eigenvalue weighted by Crippen LogP contribution is 2.44. The number of hydrogen-bond donors (Lipinski definition) is 2. The number of hydrogen-bond acceptors (Lipinski definition) is 4.